The van der Waals surface area contributed by atoms with E-state index in [1.54, 1.807) is 4.90 Å². The van der Waals surface area contributed by atoms with Crippen molar-refractivity contribution >= 4 is 16.1 Å². The zero-order valence-corrected chi connectivity index (χ0v) is 12.1. The van der Waals surface area contributed by atoms with Gasteiger partial charge in [-0.05, 0) is 25.7 Å². The van der Waals surface area contributed by atoms with Crippen molar-refractivity contribution in [2.24, 2.45) is 5.14 Å². The van der Waals surface area contributed by atoms with E-state index in [2.05, 4.69) is 0 Å². The lowest BCUT2D eigenvalue weighted by Gasteiger charge is -2.35. The average molecular weight is 289 g/mol. The molecule has 2 aliphatic rings. The standard InChI is InChI=1S/C12H23N3O3S/c13-19(17,18)11-6-5-9-15(10-11)12(16)14-7-3-1-2-4-8-14/h11H,1-10H2,(H2,13,17,18). The second-order valence-corrected chi connectivity index (χ2v) is 7.33. The number of sulfonamides is 1. The van der Waals surface area contributed by atoms with Gasteiger partial charge in [-0.2, -0.15) is 0 Å². The Kier molecular flexibility index (Phi) is 4.67. The summed E-state index contributed by atoms with van der Waals surface area (Å²) in [5.74, 6) is 0. The topological polar surface area (TPSA) is 83.7 Å². The molecule has 0 aromatic heterocycles. The zero-order chi connectivity index (χ0) is 13.9. The number of urea groups is 1. The minimum atomic E-state index is -3.54. The molecule has 0 aromatic carbocycles. The SMILES string of the molecule is NS(=O)(=O)C1CCCN(C(=O)N2CCCCCC2)C1. The number of carbonyl (C=O) groups is 1. The number of piperidine rings is 1. The second-order valence-electron chi connectivity index (χ2n) is 5.48. The molecule has 0 aromatic rings. The predicted octanol–water partition coefficient (Wildman–Crippen LogP) is 0.735. The summed E-state index contributed by atoms with van der Waals surface area (Å²) in [7, 11) is -3.54. The molecule has 2 heterocycles. The van der Waals surface area contributed by atoms with Crippen LogP contribution in [0.5, 0.6) is 0 Å². The maximum atomic E-state index is 12.4. The van der Waals surface area contributed by atoms with Gasteiger partial charge in [-0.3, -0.25) is 0 Å². The van der Waals surface area contributed by atoms with Gasteiger partial charge < -0.3 is 9.80 Å². The summed E-state index contributed by atoms with van der Waals surface area (Å²) >= 11 is 0. The van der Waals surface area contributed by atoms with Crippen LogP contribution in [0.15, 0.2) is 0 Å². The van der Waals surface area contributed by atoms with Gasteiger partial charge in [-0.1, -0.05) is 12.8 Å². The first-order valence-corrected chi connectivity index (χ1v) is 8.65. The van der Waals surface area contributed by atoms with E-state index in [0.717, 1.165) is 25.9 Å². The van der Waals surface area contributed by atoms with E-state index in [9.17, 15) is 13.2 Å². The van der Waals surface area contributed by atoms with Crippen molar-refractivity contribution in [2.75, 3.05) is 26.2 Å². The van der Waals surface area contributed by atoms with Gasteiger partial charge in [0.2, 0.25) is 10.0 Å². The van der Waals surface area contributed by atoms with E-state index in [0.29, 0.717) is 19.4 Å². The Hall–Kier alpha value is -0.820. The molecule has 2 aliphatic heterocycles. The monoisotopic (exact) mass is 289 g/mol. The Bertz CT molecular complexity index is 416. The fraction of sp³-hybridized carbons (Fsp3) is 0.917. The van der Waals surface area contributed by atoms with Crippen molar-refractivity contribution in [2.45, 2.75) is 43.8 Å². The summed E-state index contributed by atoms with van der Waals surface area (Å²) in [4.78, 5) is 15.9. The number of nitrogens with zero attached hydrogens (tertiary/aromatic N) is 2. The molecule has 2 amide bonds. The van der Waals surface area contributed by atoms with Crippen molar-refractivity contribution in [1.29, 1.82) is 0 Å². The normalized spacial score (nSPS) is 26.1. The number of nitrogens with two attached hydrogens (primary N) is 1. The lowest BCUT2D eigenvalue weighted by Crippen LogP contribution is -2.51. The Morgan fingerprint density at radius 1 is 0.947 bits per heavy atom. The number of likely N-dealkylation sites (tertiary alicyclic amines) is 2. The molecule has 110 valence electrons. The first-order valence-electron chi connectivity index (χ1n) is 7.04. The van der Waals surface area contributed by atoms with Crippen molar-refractivity contribution in [3.8, 4) is 0 Å². The van der Waals surface area contributed by atoms with Crippen molar-refractivity contribution in [1.82, 2.24) is 9.80 Å². The summed E-state index contributed by atoms with van der Waals surface area (Å²) in [6, 6.07) is -0.0183. The molecule has 7 heteroatoms. The Morgan fingerprint density at radius 3 is 2.11 bits per heavy atom. The van der Waals surface area contributed by atoms with E-state index in [1.165, 1.54) is 12.8 Å². The van der Waals surface area contributed by atoms with Gasteiger partial charge in [0.15, 0.2) is 0 Å². The number of primary sulfonamides is 1. The fourth-order valence-corrected chi connectivity index (χ4v) is 3.72. The number of amides is 2. The van der Waals surface area contributed by atoms with Crippen LogP contribution >= 0.6 is 0 Å². The molecule has 2 saturated heterocycles. The third kappa shape index (κ3) is 3.82. The van der Waals surface area contributed by atoms with E-state index >= 15 is 0 Å². The molecular weight excluding hydrogens is 266 g/mol. The van der Waals surface area contributed by atoms with Gasteiger partial charge in [0.05, 0.1) is 5.25 Å². The van der Waals surface area contributed by atoms with Gasteiger partial charge in [-0.25, -0.2) is 18.4 Å². The Morgan fingerprint density at radius 2 is 1.53 bits per heavy atom. The highest BCUT2D eigenvalue weighted by Crippen LogP contribution is 2.18. The van der Waals surface area contributed by atoms with Crippen LogP contribution in [0.2, 0.25) is 0 Å². The highest BCUT2D eigenvalue weighted by Gasteiger charge is 2.32. The van der Waals surface area contributed by atoms with Crippen molar-refractivity contribution in [3.63, 3.8) is 0 Å². The third-order valence-corrected chi connectivity index (χ3v) is 5.30. The summed E-state index contributed by atoms with van der Waals surface area (Å²) in [5, 5.41) is 4.60. The molecule has 0 bridgehead atoms. The van der Waals surface area contributed by atoms with Crippen LogP contribution in [0.3, 0.4) is 0 Å². The van der Waals surface area contributed by atoms with Crippen molar-refractivity contribution in [3.05, 3.63) is 0 Å². The van der Waals surface area contributed by atoms with E-state index in [-0.39, 0.29) is 12.6 Å². The first kappa shape index (κ1) is 14.6. The summed E-state index contributed by atoms with van der Waals surface area (Å²) in [6.45, 7) is 2.46. The number of carbonyl (C=O) groups excluding carboxylic acids is 1. The quantitative estimate of drug-likeness (QED) is 0.772. The predicted molar refractivity (Wildman–Crippen MR) is 73.1 cm³/mol. The maximum Gasteiger partial charge on any atom is 0.320 e. The van der Waals surface area contributed by atoms with Gasteiger partial charge in [0.1, 0.15) is 0 Å². The molecule has 19 heavy (non-hydrogen) atoms. The zero-order valence-electron chi connectivity index (χ0n) is 11.3. The number of hydrogen-bond acceptors (Lipinski definition) is 3. The van der Waals surface area contributed by atoms with E-state index < -0.39 is 15.3 Å². The van der Waals surface area contributed by atoms with E-state index in [1.807, 2.05) is 4.90 Å². The minimum Gasteiger partial charge on any atom is -0.325 e. The largest absolute Gasteiger partial charge is 0.325 e. The molecule has 0 aliphatic carbocycles. The molecule has 0 radical (unpaired) electrons. The van der Waals surface area contributed by atoms with Crippen LogP contribution in [0.4, 0.5) is 4.79 Å². The van der Waals surface area contributed by atoms with Gasteiger partial charge in [0.25, 0.3) is 0 Å². The van der Waals surface area contributed by atoms with Crippen LogP contribution in [0, 0.1) is 0 Å². The molecular formula is C12H23N3O3S. The van der Waals surface area contributed by atoms with E-state index in [4.69, 9.17) is 5.14 Å². The van der Waals surface area contributed by atoms with Gasteiger partial charge in [-0.15, -0.1) is 0 Å². The van der Waals surface area contributed by atoms with Crippen LogP contribution < -0.4 is 5.14 Å². The third-order valence-electron chi connectivity index (χ3n) is 3.99. The highest BCUT2D eigenvalue weighted by molar-refractivity contribution is 7.89. The molecule has 6 nitrogen and oxygen atoms in total. The van der Waals surface area contributed by atoms with Crippen LogP contribution in [0.1, 0.15) is 38.5 Å². The maximum absolute atomic E-state index is 12.4. The fourth-order valence-electron chi connectivity index (χ4n) is 2.84. The van der Waals surface area contributed by atoms with Crippen LogP contribution in [-0.2, 0) is 10.0 Å². The molecule has 2 fully saturated rings. The van der Waals surface area contributed by atoms with Crippen LogP contribution in [0.25, 0.3) is 0 Å². The molecule has 2 N–H and O–H groups in total. The minimum absolute atomic E-state index is 0.0183. The lowest BCUT2D eigenvalue weighted by atomic mass is 10.1. The summed E-state index contributed by atoms with van der Waals surface area (Å²) in [6.07, 6.45) is 5.69. The Labute approximate surface area is 115 Å². The molecule has 0 saturated carbocycles. The highest BCUT2D eigenvalue weighted by atomic mass is 32.2. The average Bonchev–Trinajstić information content (AvgIpc) is 2.66. The second kappa shape index (κ2) is 6.09. The lowest BCUT2D eigenvalue weighted by molar-refractivity contribution is 0.145. The van der Waals surface area contributed by atoms with Gasteiger partial charge in [0, 0.05) is 26.2 Å². The smallest absolute Gasteiger partial charge is 0.320 e. The molecule has 2 rings (SSSR count). The summed E-state index contributed by atoms with van der Waals surface area (Å²) < 4.78 is 22.8. The molecule has 1 unspecified atom stereocenters. The Balaban J connectivity index is 1.98. The molecule has 0 spiro atoms. The summed E-state index contributed by atoms with van der Waals surface area (Å²) in [5.41, 5.74) is 0. The van der Waals surface area contributed by atoms with Gasteiger partial charge >= 0.3 is 6.03 Å². The van der Waals surface area contributed by atoms with Crippen molar-refractivity contribution < 1.29 is 13.2 Å². The van der Waals surface area contributed by atoms with Crippen LogP contribution in [-0.4, -0.2) is 55.7 Å². The number of hydrogen-bond donors (Lipinski definition) is 1. The number of rotatable bonds is 1. The molecule has 1 atom stereocenters. The first-order chi connectivity index (χ1) is 8.98.